The van der Waals surface area contributed by atoms with Crippen molar-refractivity contribution >= 4 is 16.3 Å². The van der Waals surface area contributed by atoms with Crippen LogP contribution in [0.4, 0.5) is 0 Å². The van der Waals surface area contributed by atoms with E-state index in [0.29, 0.717) is 0 Å². The zero-order valence-electron chi connectivity index (χ0n) is 6.49. The molecular weight excluding hydrogens is 174 g/mol. The van der Waals surface area contributed by atoms with Gasteiger partial charge in [0.05, 0.1) is 14.2 Å². The number of nitrogens with one attached hydrogen (secondary N) is 1. The molecule has 0 aliphatic rings. The molecule has 0 aromatic carbocycles. The van der Waals surface area contributed by atoms with Gasteiger partial charge in [0.25, 0.3) is 0 Å². The maximum atomic E-state index is 9.33. The third-order valence-corrected chi connectivity index (χ3v) is 0.938. The van der Waals surface area contributed by atoms with E-state index >= 15 is 0 Å². The number of rotatable bonds is 1. The Labute approximate surface area is 65.6 Å². The number of hydrogen-bond donors (Lipinski definition) is 2. The first kappa shape index (κ1) is 13.0. The van der Waals surface area contributed by atoms with Crippen LogP contribution in [0.2, 0.25) is 0 Å². The molecule has 0 saturated carbocycles. The van der Waals surface area contributed by atoms with E-state index in [-0.39, 0.29) is 5.90 Å². The molecule has 7 heteroatoms. The second kappa shape index (κ2) is 6.08. The van der Waals surface area contributed by atoms with Crippen LogP contribution in [0.5, 0.6) is 0 Å². The monoisotopic (exact) mass is 185 g/mol. The van der Waals surface area contributed by atoms with Gasteiger partial charge in [-0.1, -0.05) is 0 Å². The van der Waals surface area contributed by atoms with E-state index in [1.165, 1.54) is 7.11 Å². The summed E-state index contributed by atoms with van der Waals surface area (Å²) >= 11 is 0. The molecule has 0 bridgehead atoms. The largest absolute Gasteiger partial charge is 0.485 e. The van der Waals surface area contributed by atoms with E-state index in [1.807, 2.05) is 0 Å². The lowest BCUT2D eigenvalue weighted by molar-refractivity contribution is 0.324. The highest BCUT2D eigenvalue weighted by Crippen LogP contribution is 1.74. The van der Waals surface area contributed by atoms with Crippen molar-refractivity contribution in [3.63, 3.8) is 0 Å². The minimum absolute atomic E-state index is 0.255. The van der Waals surface area contributed by atoms with Crippen LogP contribution in [0.25, 0.3) is 0 Å². The second-order valence-corrected chi connectivity index (χ2v) is 2.54. The first-order valence-corrected chi connectivity index (χ1v) is 3.82. The van der Waals surface area contributed by atoms with E-state index in [9.17, 15) is 8.42 Å². The molecule has 0 atom stereocenters. The number of ether oxygens (including phenoxy) is 1. The van der Waals surface area contributed by atoms with Crippen molar-refractivity contribution in [3.05, 3.63) is 0 Å². The fourth-order valence-corrected chi connectivity index (χ4v) is 0. The Balaban J connectivity index is 0. The van der Waals surface area contributed by atoms with Crippen LogP contribution >= 0.6 is 0 Å². The van der Waals surface area contributed by atoms with Crippen molar-refractivity contribution in [3.8, 4) is 0 Å². The molecule has 68 valence electrons. The molecular formula is C4H11NO5S. The smallest absolute Gasteiger partial charge is 0.397 e. The first-order valence-electron chi connectivity index (χ1n) is 2.45. The molecule has 0 aromatic heterocycles. The van der Waals surface area contributed by atoms with Crippen molar-refractivity contribution in [1.29, 1.82) is 5.41 Å². The second-order valence-electron chi connectivity index (χ2n) is 1.35. The lowest BCUT2D eigenvalue weighted by atomic mass is 10.8. The predicted octanol–water partition coefficient (Wildman–Crippen LogP) is 0.0656. The molecule has 0 fully saturated rings. The molecule has 2 N–H and O–H groups in total. The van der Waals surface area contributed by atoms with Gasteiger partial charge in [-0.25, -0.2) is 0 Å². The maximum absolute atomic E-state index is 9.33. The van der Waals surface area contributed by atoms with Crippen LogP contribution in [-0.4, -0.2) is 33.1 Å². The van der Waals surface area contributed by atoms with Gasteiger partial charge in [-0.2, -0.15) is 8.42 Å². The number of methoxy groups -OCH3 is 1. The SMILES string of the molecule is COC(C)=N.COS(=O)(=O)O. The Bertz CT molecular complexity index is 197. The molecule has 0 radical (unpaired) electrons. The van der Waals surface area contributed by atoms with Gasteiger partial charge in [0.1, 0.15) is 0 Å². The highest BCUT2D eigenvalue weighted by molar-refractivity contribution is 7.80. The standard InChI is InChI=1S/C3H7NO.CH4O4S/c1-3(4)5-2;1-5-6(2,3)4/h4H,1-2H3;1H3,(H,2,3,4). The summed E-state index contributed by atoms with van der Waals surface area (Å²) in [5.41, 5.74) is 0. The quantitative estimate of drug-likeness (QED) is 0.342. The van der Waals surface area contributed by atoms with Crippen molar-refractivity contribution in [1.82, 2.24) is 0 Å². The topological polar surface area (TPSA) is 96.7 Å². The molecule has 11 heavy (non-hydrogen) atoms. The minimum atomic E-state index is -4.16. The lowest BCUT2D eigenvalue weighted by Gasteiger charge is -1.85. The average molecular weight is 185 g/mol. The van der Waals surface area contributed by atoms with E-state index in [2.05, 4.69) is 8.92 Å². The van der Waals surface area contributed by atoms with Gasteiger partial charge >= 0.3 is 10.4 Å². The number of hydrogen-bond acceptors (Lipinski definition) is 5. The highest BCUT2D eigenvalue weighted by atomic mass is 32.3. The summed E-state index contributed by atoms with van der Waals surface area (Å²) in [7, 11) is -1.82. The van der Waals surface area contributed by atoms with Gasteiger partial charge in [-0.3, -0.25) is 14.1 Å². The van der Waals surface area contributed by atoms with Gasteiger partial charge in [0.15, 0.2) is 5.90 Å². The zero-order valence-corrected chi connectivity index (χ0v) is 7.30. The summed E-state index contributed by atoms with van der Waals surface area (Å²) in [5.74, 6) is 0.255. The Morgan fingerprint density at radius 2 is 1.64 bits per heavy atom. The summed E-state index contributed by atoms with van der Waals surface area (Å²) in [5, 5.41) is 6.52. The van der Waals surface area contributed by atoms with E-state index in [1.54, 1.807) is 6.92 Å². The normalized spacial score (nSPS) is 9.45. The van der Waals surface area contributed by atoms with E-state index in [4.69, 9.17) is 9.96 Å². The van der Waals surface area contributed by atoms with Gasteiger partial charge < -0.3 is 4.74 Å². The Kier molecular flexibility index (Phi) is 7.16. The van der Waals surface area contributed by atoms with Gasteiger partial charge in [0, 0.05) is 6.92 Å². The predicted molar refractivity (Wildman–Crippen MR) is 39.0 cm³/mol. The van der Waals surface area contributed by atoms with Crippen LogP contribution < -0.4 is 0 Å². The highest BCUT2D eigenvalue weighted by Gasteiger charge is 1.93. The van der Waals surface area contributed by atoms with Crippen molar-refractivity contribution < 1.29 is 21.9 Å². The van der Waals surface area contributed by atoms with Crippen LogP contribution in [-0.2, 0) is 19.3 Å². The molecule has 0 saturated heterocycles. The van der Waals surface area contributed by atoms with Crippen LogP contribution in [0.15, 0.2) is 0 Å². The lowest BCUT2D eigenvalue weighted by Crippen LogP contribution is -1.96. The summed E-state index contributed by atoms with van der Waals surface area (Å²) in [6, 6.07) is 0. The van der Waals surface area contributed by atoms with E-state index in [0.717, 1.165) is 7.11 Å². The fourth-order valence-electron chi connectivity index (χ4n) is 0. The summed E-state index contributed by atoms with van der Waals surface area (Å²) in [6.45, 7) is 1.58. The summed E-state index contributed by atoms with van der Waals surface area (Å²) < 4.78 is 34.0. The molecule has 0 spiro atoms. The Morgan fingerprint density at radius 3 is 1.64 bits per heavy atom. The van der Waals surface area contributed by atoms with Crippen LogP contribution in [0.1, 0.15) is 6.92 Å². The molecule has 0 unspecified atom stereocenters. The summed E-state index contributed by atoms with van der Waals surface area (Å²) in [6.07, 6.45) is 0. The van der Waals surface area contributed by atoms with Gasteiger partial charge in [0.2, 0.25) is 0 Å². The first-order chi connectivity index (χ1) is 4.83. The van der Waals surface area contributed by atoms with Gasteiger partial charge in [-0.05, 0) is 0 Å². The zero-order chi connectivity index (χ0) is 9.49. The average Bonchev–Trinajstić information content (AvgIpc) is 1.88. The molecule has 0 heterocycles. The molecule has 0 aliphatic carbocycles. The van der Waals surface area contributed by atoms with Crippen molar-refractivity contribution in [2.24, 2.45) is 0 Å². The molecule has 0 aliphatic heterocycles. The Morgan fingerprint density at radius 1 is 1.45 bits per heavy atom. The van der Waals surface area contributed by atoms with Crippen molar-refractivity contribution in [2.75, 3.05) is 14.2 Å². The minimum Gasteiger partial charge on any atom is -0.485 e. The van der Waals surface area contributed by atoms with E-state index < -0.39 is 10.4 Å². The fraction of sp³-hybridized carbons (Fsp3) is 0.750. The summed E-state index contributed by atoms with van der Waals surface area (Å²) in [4.78, 5) is 0. The Hall–Kier alpha value is -0.660. The van der Waals surface area contributed by atoms with Crippen LogP contribution in [0.3, 0.4) is 0 Å². The molecule has 0 aromatic rings. The maximum Gasteiger partial charge on any atom is 0.397 e. The molecule has 6 nitrogen and oxygen atoms in total. The van der Waals surface area contributed by atoms with Crippen LogP contribution in [0, 0.1) is 5.41 Å². The third kappa shape index (κ3) is 26.7. The molecule has 0 amide bonds. The van der Waals surface area contributed by atoms with Gasteiger partial charge in [-0.15, -0.1) is 0 Å². The third-order valence-electron chi connectivity index (χ3n) is 0.517. The molecule has 0 rings (SSSR count). The van der Waals surface area contributed by atoms with Crippen molar-refractivity contribution in [2.45, 2.75) is 6.92 Å².